The van der Waals surface area contributed by atoms with Gasteiger partial charge in [-0.05, 0) is 66.0 Å². The second-order valence-electron chi connectivity index (χ2n) is 4.87. The summed E-state index contributed by atoms with van der Waals surface area (Å²) in [5.41, 5.74) is 6.33. The summed E-state index contributed by atoms with van der Waals surface area (Å²) in [6.07, 6.45) is 0. The molecular weight excluding hydrogens is 302 g/mol. The van der Waals surface area contributed by atoms with Crippen LogP contribution < -0.4 is 0 Å². The Labute approximate surface area is 120 Å². The molecule has 2 nitrogen and oxygen atoms in total. The number of nitrogens with zero attached hydrogens (tertiary/aromatic N) is 1. The van der Waals surface area contributed by atoms with E-state index in [1.165, 1.54) is 16.7 Å². The summed E-state index contributed by atoms with van der Waals surface area (Å²) < 4.78 is 6.91. The molecule has 1 aromatic heterocycles. The molecule has 19 heavy (non-hydrogen) atoms. The monoisotopic (exact) mass is 315 g/mol. The third-order valence-electron chi connectivity index (χ3n) is 3.39. The van der Waals surface area contributed by atoms with Crippen molar-refractivity contribution in [3.63, 3.8) is 0 Å². The fourth-order valence-corrected chi connectivity index (χ4v) is 2.74. The molecule has 0 unspecified atom stereocenters. The molecule has 0 N–H and O–H groups in total. The zero-order valence-corrected chi connectivity index (χ0v) is 12.7. The first-order valence-corrected chi connectivity index (χ1v) is 6.99. The second-order valence-corrected chi connectivity index (χ2v) is 5.66. The van der Waals surface area contributed by atoms with Gasteiger partial charge in [-0.25, -0.2) is 4.98 Å². The van der Waals surface area contributed by atoms with E-state index in [1.807, 2.05) is 12.1 Å². The highest BCUT2D eigenvalue weighted by atomic mass is 79.9. The van der Waals surface area contributed by atoms with Crippen molar-refractivity contribution in [2.45, 2.75) is 20.8 Å². The number of rotatable bonds is 1. The van der Waals surface area contributed by atoms with Crippen molar-refractivity contribution in [1.82, 2.24) is 4.98 Å². The van der Waals surface area contributed by atoms with Gasteiger partial charge in [0.15, 0.2) is 5.58 Å². The van der Waals surface area contributed by atoms with Crippen LogP contribution in [-0.4, -0.2) is 4.98 Å². The first-order chi connectivity index (χ1) is 9.06. The highest BCUT2D eigenvalue weighted by Gasteiger charge is 2.13. The Morgan fingerprint density at radius 1 is 1.11 bits per heavy atom. The number of halogens is 1. The van der Waals surface area contributed by atoms with Gasteiger partial charge in [-0.1, -0.05) is 17.7 Å². The van der Waals surface area contributed by atoms with E-state index < -0.39 is 0 Å². The predicted octanol–water partition coefficient (Wildman–Crippen LogP) is 5.18. The topological polar surface area (TPSA) is 26.0 Å². The number of benzene rings is 2. The van der Waals surface area contributed by atoms with E-state index in [1.54, 1.807) is 0 Å². The van der Waals surface area contributed by atoms with Crippen molar-refractivity contribution >= 4 is 27.0 Å². The normalized spacial score (nSPS) is 11.2. The minimum Gasteiger partial charge on any atom is -0.435 e. The van der Waals surface area contributed by atoms with Gasteiger partial charge in [0.25, 0.3) is 0 Å². The fourth-order valence-electron chi connectivity index (χ4n) is 2.15. The van der Waals surface area contributed by atoms with Gasteiger partial charge in [-0.15, -0.1) is 0 Å². The van der Waals surface area contributed by atoms with Crippen molar-refractivity contribution in [1.29, 1.82) is 0 Å². The molecule has 0 aliphatic rings. The summed E-state index contributed by atoms with van der Waals surface area (Å²) in [7, 11) is 0. The SMILES string of the molecule is Cc1cccc(-c2nc3cc(C)c(C)c(Br)c3o2)c1. The minimum atomic E-state index is 0.671. The maximum atomic E-state index is 5.92. The smallest absolute Gasteiger partial charge is 0.227 e. The summed E-state index contributed by atoms with van der Waals surface area (Å²) in [5, 5.41) is 0. The van der Waals surface area contributed by atoms with Gasteiger partial charge < -0.3 is 4.42 Å². The van der Waals surface area contributed by atoms with Gasteiger partial charge in [0.1, 0.15) is 5.52 Å². The van der Waals surface area contributed by atoms with Gasteiger partial charge in [0.2, 0.25) is 5.89 Å². The Bertz CT molecular complexity index is 774. The number of aryl methyl sites for hydroxylation is 2. The molecule has 2 aromatic carbocycles. The average Bonchev–Trinajstić information content (AvgIpc) is 2.80. The van der Waals surface area contributed by atoms with Gasteiger partial charge in [-0.3, -0.25) is 0 Å². The van der Waals surface area contributed by atoms with E-state index in [4.69, 9.17) is 4.42 Å². The lowest BCUT2D eigenvalue weighted by Gasteiger charge is -2.01. The Kier molecular flexibility index (Phi) is 2.94. The van der Waals surface area contributed by atoms with E-state index in [0.717, 1.165) is 21.1 Å². The van der Waals surface area contributed by atoms with Gasteiger partial charge in [-0.2, -0.15) is 0 Å². The van der Waals surface area contributed by atoms with E-state index in [-0.39, 0.29) is 0 Å². The van der Waals surface area contributed by atoms with Crippen LogP contribution in [0, 0.1) is 20.8 Å². The van der Waals surface area contributed by atoms with Crippen LogP contribution in [0.3, 0.4) is 0 Å². The van der Waals surface area contributed by atoms with Crippen LogP contribution in [0.4, 0.5) is 0 Å². The van der Waals surface area contributed by atoms with Crippen LogP contribution in [0.1, 0.15) is 16.7 Å². The molecule has 0 saturated carbocycles. The zero-order chi connectivity index (χ0) is 13.6. The van der Waals surface area contributed by atoms with Crippen LogP contribution >= 0.6 is 15.9 Å². The molecule has 3 rings (SSSR count). The zero-order valence-electron chi connectivity index (χ0n) is 11.1. The van der Waals surface area contributed by atoms with Crippen molar-refractivity contribution in [3.8, 4) is 11.5 Å². The lowest BCUT2D eigenvalue weighted by atomic mass is 10.1. The largest absolute Gasteiger partial charge is 0.435 e. The first kappa shape index (κ1) is 12.4. The van der Waals surface area contributed by atoms with Crippen LogP contribution in [0.5, 0.6) is 0 Å². The Morgan fingerprint density at radius 3 is 2.63 bits per heavy atom. The standard InChI is InChI=1S/C16H14BrNO/c1-9-5-4-6-12(7-9)16-18-13-8-10(2)11(3)14(17)15(13)19-16/h4-8H,1-3H3. The lowest BCUT2D eigenvalue weighted by Crippen LogP contribution is -1.83. The third kappa shape index (κ3) is 2.08. The number of fused-ring (bicyclic) bond motifs is 1. The first-order valence-electron chi connectivity index (χ1n) is 6.19. The molecule has 0 aliphatic heterocycles. The molecular formula is C16H14BrNO. The molecule has 0 fully saturated rings. The van der Waals surface area contributed by atoms with Gasteiger partial charge >= 0.3 is 0 Å². The molecule has 0 aliphatic carbocycles. The van der Waals surface area contributed by atoms with E-state index in [0.29, 0.717) is 5.89 Å². The maximum absolute atomic E-state index is 5.92. The minimum absolute atomic E-state index is 0.671. The molecule has 3 aromatic rings. The molecule has 0 radical (unpaired) electrons. The Morgan fingerprint density at radius 2 is 1.89 bits per heavy atom. The van der Waals surface area contributed by atoms with E-state index in [9.17, 15) is 0 Å². The maximum Gasteiger partial charge on any atom is 0.227 e. The van der Waals surface area contributed by atoms with Gasteiger partial charge in [0.05, 0.1) is 4.47 Å². The van der Waals surface area contributed by atoms with Crippen LogP contribution in [0.15, 0.2) is 39.2 Å². The highest BCUT2D eigenvalue weighted by Crippen LogP contribution is 2.33. The number of hydrogen-bond donors (Lipinski definition) is 0. The predicted molar refractivity (Wildman–Crippen MR) is 81.4 cm³/mol. The van der Waals surface area contributed by atoms with E-state index in [2.05, 4.69) is 59.9 Å². The lowest BCUT2D eigenvalue weighted by molar-refractivity contribution is 0.617. The van der Waals surface area contributed by atoms with Crippen LogP contribution in [0.25, 0.3) is 22.6 Å². The van der Waals surface area contributed by atoms with Crippen LogP contribution in [-0.2, 0) is 0 Å². The Balaban J connectivity index is 2.25. The molecule has 0 atom stereocenters. The molecule has 96 valence electrons. The molecule has 0 bridgehead atoms. The molecule has 0 spiro atoms. The average molecular weight is 316 g/mol. The second kappa shape index (κ2) is 4.49. The summed E-state index contributed by atoms with van der Waals surface area (Å²) in [6, 6.07) is 10.3. The highest BCUT2D eigenvalue weighted by molar-refractivity contribution is 9.10. The number of oxazole rings is 1. The van der Waals surface area contributed by atoms with Crippen LogP contribution in [0.2, 0.25) is 0 Å². The van der Waals surface area contributed by atoms with Crippen molar-refractivity contribution in [2.24, 2.45) is 0 Å². The third-order valence-corrected chi connectivity index (χ3v) is 4.35. The molecule has 3 heteroatoms. The molecule has 0 amide bonds. The summed E-state index contributed by atoms with van der Waals surface area (Å²) >= 11 is 3.60. The van der Waals surface area contributed by atoms with Crippen molar-refractivity contribution in [3.05, 3.63) is 51.5 Å². The van der Waals surface area contributed by atoms with E-state index >= 15 is 0 Å². The fraction of sp³-hybridized carbons (Fsp3) is 0.188. The molecule has 0 saturated heterocycles. The quantitative estimate of drug-likeness (QED) is 0.618. The van der Waals surface area contributed by atoms with Gasteiger partial charge in [0, 0.05) is 5.56 Å². The van der Waals surface area contributed by atoms with Crippen molar-refractivity contribution in [2.75, 3.05) is 0 Å². The Hall–Kier alpha value is -1.61. The summed E-state index contributed by atoms with van der Waals surface area (Å²) in [4.78, 5) is 4.59. The number of aromatic nitrogens is 1. The molecule has 1 heterocycles. The summed E-state index contributed by atoms with van der Waals surface area (Å²) in [5.74, 6) is 0.671. The summed E-state index contributed by atoms with van der Waals surface area (Å²) in [6.45, 7) is 6.23. The number of hydrogen-bond acceptors (Lipinski definition) is 2. The van der Waals surface area contributed by atoms with Crippen molar-refractivity contribution < 1.29 is 4.42 Å².